The van der Waals surface area contributed by atoms with Gasteiger partial charge < -0.3 is 5.32 Å². The molecule has 1 aromatic carbocycles. The highest BCUT2D eigenvalue weighted by atomic mass is 35.5. The lowest BCUT2D eigenvalue weighted by atomic mass is 10.1. The monoisotopic (exact) mass is 249 g/mol. The van der Waals surface area contributed by atoms with Gasteiger partial charge in [-0.25, -0.2) is 0 Å². The first-order chi connectivity index (χ1) is 8.16. The van der Waals surface area contributed by atoms with Gasteiger partial charge in [0.25, 0.3) is 0 Å². The van der Waals surface area contributed by atoms with Gasteiger partial charge in [-0.2, -0.15) is 5.10 Å². The van der Waals surface area contributed by atoms with Crippen molar-refractivity contribution in [3.63, 3.8) is 0 Å². The summed E-state index contributed by atoms with van der Waals surface area (Å²) in [6, 6.07) is 10.2. The van der Waals surface area contributed by atoms with Crippen molar-refractivity contribution < 1.29 is 0 Å². The summed E-state index contributed by atoms with van der Waals surface area (Å²) in [6.45, 7) is 2.92. The van der Waals surface area contributed by atoms with E-state index < -0.39 is 0 Å². The molecular formula is C13H16ClN3. The number of nitrogens with one attached hydrogen (secondary N) is 1. The Morgan fingerprint density at radius 2 is 2.24 bits per heavy atom. The van der Waals surface area contributed by atoms with Crippen molar-refractivity contribution in [3.8, 4) is 0 Å². The van der Waals surface area contributed by atoms with E-state index in [2.05, 4.69) is 23.4 Å². The van der Waals surface area contributed by atoms with Crippen molar-refractivity contribution in [2.75, 3.05) is 0 Å². The van der Waals surface area contributed by atoms with E-state index in [-0.39, 0.29) is 6.04 Å². The van der Waals surface area contributed by atoms with E-state index in [9.17, 15) is 0 Å². The first-order valence-electron chi connectivity index (χ1n) is 5.62. The van der Waals surface area contributed by atoms with E-state index >= 15 is 0 Å². The van der Waals surface area contributed by atoms with Crippen LogP contribution in [0.15, 0.2) is 36.5 Å². The molecule has 0 saturated heterocycles. The summed E-state index contributed by atoms with van der Waals surface area (Å²) in [5.41, 5.74) is 2.36. The second kappa shape index (κ2) is 5.34. The molecule has 0 bridgehead atoms. The maximum Gasteiger partial charge on any atom is 0.0518 e. The van der Waals surface area contributed by atoms with Gasteiger partial charge in [-0.05, 0) is 30.7 Å². The molecule has 0 saturated carbocycles. The molecule has 90 valence electrons. The standard InChI is InChI=1S/C13H16ClN3/c1-10(11-4-3-5-12(14)8-11)15-9-13-6-7-16-17(13)2/h3-8,10,15H,9H2,1-2H3/t10-/m0/s1. The summed E-state index contributed by atoms with van der Waals surface area (Å²) >= 11 is 5.97. The Labute approximate surface area is 106 Å². The first kappa shape index (κ1) is 12.1. The average Bonchev–Trinajstić information content (AvgIpc) is 2.72. The molecular weight excluding hydrogens is 234 g/mol. The zero-order valence-electron chi connectivity index (χ0n) is 10.0. The van der Waals surface area contributed by atoms with Gasteiger partial charge >= 0.3 is 0 Å². The molecule has 0 aliphatic heterocycles. The largest absolute Gasteiger partial charge is 0.305 e. The molecule has 0 aliphatic carbocycles. The van der Waals surface area contributed by atoms with Crippen LogP contribution in [0.2, 0.25) is 5.02 Å². The van der Waals surface area contributed by atoms with Crippen LogP contribution in [-0.2, 0) is 13.6 Å². The smallest absolute Gasteiger partial charge is 0.0518 e. The lowest BCUT2D eigenvalue weighted by Gasteiger charge is -2.14. The van der Waals surface area contributed by atoms with E-state index in [1.54, 1.807) is 6.20 Å². The highest BCUT2D eigenvalue weighted by Crippen LogP contribution is 2.17. The predicted molar refractivity (Wildman–Crippen MR) is 69.9 cm³/mol. The minimum absolute atomic E-state index is 0.267. The third kappa shape index (κ3) is 3.08. The summed E-state index contributed by atoms with van der Waals surface area (Å²) in [7, 11) is 1.95. The zero-order chi connectivity index (χ0) is 12.3. The molecule has 0 spiro atoms. The predicted octanol–water partition coefficient (Wildman–Crippen LogP) is 2.92. The Morgan fingerprint density at radius 3 is 2.88 bits per heavy atom. The SMILES string of the molecule is C[C@H](NCc1ccnn1C)c1cccc(Cl)c1. The molecule has 2 aromatic rings. The number of rotatable bonds is 4. The highest BCUT2D eigenvalue weighted by molar-refractivity contribution is 6.30. The summed E-state index contributed by atoms with van der Waals surface area (Å²) in [5.74, 6) is 0. The van der Waals surface area contributed by atoms with E-state index in [1.807, 2.05) is 36.0 Å². The molecule has 0 radical (unpaired) electrons. The van der Waals surface area contributed by atoms with Crippen molar-refractivity contribution in [1.82, 2.24) is 15.1 Å². The maximum absolute atomic E-state index is 5.97. The molecule has 0 fully saturated rings. The van der Waals surface area contributed by atoms with Crippen molar-refractivity contribution in [3.05, 3.63) is 52.8 Å². The van der Waals surface area contributed by atoms with Crippen molar-refractivity contribution in [2.45, 2.75) is 19.5 Å². The van der Waals surface area contributed by atoms with Crippen LogP contribution in [-0.4, -0.2) is 9.78 Å². The average molecular weight is 250 g/mol. The molecule has 3 nitrogen and oxygen atoms in total. The molecule has 1 N–H and O–H groups in total. The van der Waals surface area contributed by atoms with Crippen LogP contribution >= 0.6 is 11.6 Å². The number of halogens is 1. The van der Waals surface area contributed by atoms with Crippen LogP contribution in [0.4, 0.5) is 0 Å². The van der Waals surface area contributed by atoms with Gasteiger partial charge in [0, 0.05) is 30.9 Å². The molecule has 2 rings (SSSR count). The van der Waals surface area contributed by atoms with Gasteiger partial charge in [0.15, 0.2) is 0 Å². The van der Waals surface area contributed by atoms with Crippen molar-refractivity contribution in [1.29, 1.82) is 0 Å². The Kier molecular flexibility index (Phi) is 3.82. The highest BCUT2D eigenvalue weighted by Gasteiger charge is 2.06. The van der Waals surface area contributed by atoms with Crippen LogP contribution in [0.1, 0.15) is 24.2 Å². The van der Waals surface area contributed by atoms with Gasteiger partial charge in [0.05, 0.1) is 5.69 Å². The number of benzene rings is 1. The first-order valence-corrected chi connectivity index (χ1v) is 6.00. The lowest BCUT2D eigenvalue weighted by Crippen LogP contribution is -2.19. The van der Waals surface area contributed by atoms with E-state index in [0.717, 1.165) is 11.6 Å². The summed E-state index contributed by atoms with van der Waals surface area (Å²) < 4.78 is 1.87. The molecule has 17 heavy (non-hydrogen) atoms. The minimum Gasteiger partial charge on any atom is -0.305 e. The second-order valence-corrected chi connectivity index (χ2v) is 4.54. The molecule has 4 heteroatoms. The van der Waals surface area contributed by atoms with E-state index in [0.29, 0.717) is 0 Å². The number of nitrogens with zero attached hydrogens (tertiary/aromatic N) is 2. The number of aryl methyl sites for hydroxylation is 1. The molecule has 0 unspecified atom stereocenters. The molecule has 1 atom stereocenters. The molecule has 0 aliphatic rings. The Balaban J connectivity index is 1.98. The number of hydrogen-bond donors (Lipinski definition) is 1. The lowest BCUT2D eigenvalue weighted by molar-refractivity contribution is 0.548. The minimum atomic E-state index is 0.267. The summed E-state index contributed by atoms with van der Waals surface area (Å²) in [5, 5.41) is 8.36. The third-order valence-electron chi connectivity index (χ3n) is 2.86. The number of aromatic nitrogens is 2. The van der Waals surface area contributed by atoms with E-state index in [4.69, 9.17) is 11.6 Å². The van der Waals surface area contributed by atoms with Crippen LogP contribution in [0, 0.1) is 0 Å². The van der Waals surface area contributed by atoms with E-state index in [1.165, 1.54) is 11.3 Å². The molecule has 0 amide bonds. The van der Waals surface area contributed by atoms with Gasteiger partial charge in [-0.3, -0.25) is 4.68 Å². The Bertz CT molecular complexity index is 493. The fourth-order valence-corrected chi connectivity index (χ4v) is 1.92. The summed E-state index contributed by atoms with van der Waals surface area (Å²) in [6.07, 6.45) is 1.81. The van der Waals surface area contributed by atoms with Gasteiger partial charge in [-0.15, -0.1) is 0 Å². The zero-order valence-corrected chi connectivity index (χ0v) is 10.8. The van der Waals surface area contributed by atoms with Crippen LogP contribution in [0.5, 0.6) is 0 Å². The van der Waals surface area contributed by atoms with Gasteiger partial charge in [0.2, 0.25) is 0 Å². The molecule has 1 aromatic heterocycles. The van der Waals surface area contributed by atoms with Crippen molar-refractivity contribution in [2.24, 2.45) is 7.05 Å². The maximum atomic E-state index is 5.97. The van der Waals surface area contributed by atoms with Crippen LogP contribution < -0.4 is 5.32 Å². The summed E-state index contributed by atoms with van der Waals surface area (Å²) in [4.78, 5) is 0. The third-order valence-corrected chi connectivity index (χ3v) is 3.10. The normalized spacial score (nSPS) is 12.6. The van der Waals surface area contributed by atoms with Crippen molar-refractivity contribution >= 4 is 11.6 Å². The quantitative estimate of drug-likeness (QED) is 0.903. The van der Waals surface area contributed by atoms with Crippen LogP contribution in [0.3, 0.4) is 0 Å². The topological polar surface area (TPSA) is 29.9 Å². The van der Waals surface area contributed by atoms with Crippen LogP contribution in [0.25, 0.3) is 0 Å². The fraction of sp³-hybridized carbons (Fsp3) is 0.308. The second-order valence-electron chi connectivity index (χ2n) is 4.10. The molecule has 1 heterocycles. The fourth-order valence-electron chi connectivity index (χ4n) is 1.73. The Hall–Kier alpha value is -1.32. The Morgan fingerprint density at radius 1 is 1.41 bits per heavy atom. The van der Waals surface area contributed by atoms with Gasteiger partial charge in [0.1, 0.15) is 0 Å². The number of hydrogen-bond acceptors (Lipinski definition) is 2. The van der Waals surface area contributed by atoms with Gasteiger partial charge in [-0.1, -0.05) is 23.7 Å².